The smallest absolute Gasteiger partial charge is 0.305 e. The maximum atomic E-state index is 13.9. The third kappa shape index (κ3) is 25.4. The Bertz CT molecular complexity index is 4760. The van der Waals surface area contributed by atoms with Crippen molar-refractivity contribution in [3.05, 3.63) is 154 Å². The molecule has 640 valence electrons. The number of anilines is 4. The molecular formula is C91H120N8O18Si2. The van der Waals surface area contributed by atoms with Gasteiger partial charge in [-0.2, -0.15) is 0 Å². The summed E-state index contributed by atoms with van der Waals surface area (Å²) in [6.45, 7) is 31.5. The lowest BCUT2D eigenvalue weighted by atomic mass is 9.99. The van der Waals surface area contributed by atoms with Gasteiger partial charge in [0.05, 0.1) is 88.3 Å². The van der Waals surface area contributed by atoms with Crippen molar-refractivity contribution < 1.29 is 85.6 Å². The Balaban J connectivity index is 0.000000249. The minimum atomic E-state index is -2.13. The highest BCUT2D eigenvalue weighted by Crippen LogP contribution is 2.44. The molecular weight excluding hydrogens is 1550 g/mol. The van der Waals surface area contributed by atoms with E-state index in [1.54, 1.807) is 61.9 Å². The predicted octanol–water partition coefficient (Wildman–Crippen LogP) is 16.1. The number of nitrogens with one attached hydrogen (secondary N) is 4. The molecule has 10 rings (SSSR count). The molecule has 6 amide bonds. The number of methoxy groups -OCH3 is 4. The molecule has 6 aromatic carbocycles. The van der Waals surface area contributed by atoms with Crippen LogP contribution in [0.15, 0.2) is 119 Å². The van der Waals surface area contributed by atoms with Gasteiger partial charge in [0.15, 0.2) is 51.2 Å². The monoisotopic (exact) mass is 1670 g/mol. The molecule has 4 aliphatic heterocycles. The van der Waals surface area contributed by atoms with Gasteiger partial charge in [-0.05, 0) is 170 Å². The maximum absolute atomic E-state index is 13.9. The van der Waals surface area contributed by atoms with Gasteiger partial charge in [0.2, 0.25) is 23.6 Å². The fraction of sp³-hybridized carbons (Fsp3) is 0.473. The number of Topliss-reactive ketones (excluding diaryl/α,β-unsaturated/α-hetero) is 2. The minimum Gasteiger partial charge on any atom is -0.504 e. The number of benzene rings is 6. The highest BCUT2D eigenvalue weighted by atomic mass is 28.4. The zero-order chi connectivity index (χ0) is 87.4. The van der Waals surface area contributed by atoms with E-state index in [2.05, 4.69) is 116 Å². The van der Waals surface area contributed by atoms with E-state index in [0.29, 0.717) is 90.7 Å². The van der Waals surface area contributed by atoms with E-state index in [1.165, 1.54) is 34.5 Å². The first-order valence-electron chi connectivity index (χ1n) is 40.8. The van der Waals surface area contributed by atoms with Gasteiger partial charge in [0.25, 0.3) is 11.8 Å². The molecule has 0 spiro atoms. The van der Waals surface area contributed by atoms with Crippen LogP contribution in [0.1, 0.15) is 194 Å². The van der Waals surface area contributed by atoms with Crippen molar-refractivity contribution in [1.82, 2.24) is 10.6 Å². The number of nitrogens with zero attached hydrogens (tertiary/aromatic N) is 4. The number of phenolic OH excluding ortho intramolecular Hbond substituents is 1. The summed E-state index contributed by atoms with van der Waals surface area (Å²) >= 11 is 0. The van der Waals surface area contributed by atoms with Crippen molar-refractivity contribution in [2.75, 3.05) is 48.9 Å². The number of aryl methyl sites for hydroxylation is 1. The van der Waals surface area contributed by atoms with Crippen molar-refractivity contribution in [2.45, 2.75) is 240 Å². The Kier molecular flexibility index (Phi) is 33.0. The normalized spacial score (nSPS) is 15.4. The molecule has 0 aliphatic carbocycles. The van der Waals surface area contributed by atoms with E-state index in [4.69, 9.17) is 28.1 Å². The van der Waals surface area contributed by atoms with E-state index in [0.717, 1.165) is 57.6 Å². The van der Waals surface area contributed by atoms with Gasteiger partial charge in [-0.1, -0.05) is 105 Å². The molecule has 28 heteroatoms. The fourth-order valence-corrected chi connectivity index (χ4v) is 15.2. The Morgan fingerprint density at radius 1 is 0.504 bits per heavy atom. The van der Waals surface area contributed by atoms with Crippen LogP contribution >= 0.6 is 0 Å². The molecule has 6 aromatic rings. The Hall–Kier alpha value is -10.7. The number of hydrogen-bond acceptors (Lipinski definition) is 20. The standard InChI is InChI=1S/C45H58N4O9Si.C29H48N2O6Si.C17H14N2O3/c1-28(18-38(50)29(2)47-41(51)16-12-13-17-42(52)56-7)43(53)48-33-20-30(19-31(21-33)27-58-59(8,9)45(3,4)5)26-57-40-24-36-35(23-39(40)55-6)44(54)49-34(25-46-36)22-32-14-10-11-15-37(32)49;1-10-22-16-23(19-37-38(8,9)29(4,5)6)18-24(17-22)31-28(35)20(2)15-25(32)21(3)30-26(33)13-11-12-14-27(34)36-7;1-22-16-7-12-13(8-15(16)20)18-9-11-6-10-4-2-3-5-14(10)19(11)17(12)21/h10-11,14-15,19-21,23-25,28-29,34H,12-13,16-18,22,26-27H2,1-9H3,(H,47,51)(H,48,53);16-18,20-21H,10-15,19H2,1-9H3,(H,30,33)(H,31,35);2-5,7-9,11,20H,6H2,1H3/t28-,29+,34?;20-,21+;11-/m110/s1. The number of aliphatic imine (C=N–C) groups is 2. The number of amides is 6. The Labute approximate surface area is 701 Å². The maximum Gasteiger partial charge on any atom is 0.305 e. The van der Waals surface area contributed by atoms with E-state index >= 15 is 0 Å². The van der Waals surface area contributed by atoms with Crippen LogP contribution in [-0.4, -0.2) is 146 Å². The summed E-state index contributed by atoms with van der Waals surface area (Å²) in [6, 6.07) is 32.0. The van der Waals surface area contributed by atoms with Gasteiger partial charge in [-0.15, -0.1) is 0 Å². The van der Waals surface area contributed by atoms with Crippen molar-refractivity contribution >= 4 is 122 Å². The van der Waals surface area contributed by atoms with Crippen molar-refractivity contribution in [3.63, 3.8) is 0 Å². The summed E-state index contributed by atoms with van der Waals surface area (Å²) < 4.78 is 39.3. The summed E-state index contributed by atoms with van der Waals surface area (Å²) in [7, 11) is 1.59. The third-order valence-corrected chi connectivity index (χ3v) is 31.6. The second-order valence-corrected chi connectivity index (χ2v) is 43.5. The number of esters is 2. The van der Waals surface area contributed by atoms with Gasteiger partial charge in [0, 0.05) is 111 Å². The second-order valence-electron chi connectivity index (χ2n) is 33.9. The average Bonchev–Trinajstić information content (AvgIpc) is 1.62. The number of carbonyl (C=O) groups excluding carboxylic acids is 10. The van der Waals surface area contributed by atoms with Gasteiger partial charge in [0.1, 0.15) is 6.61 Å². The molecule has 0 fully saturated rings. The molecule has 6 atom stereocenters. The van der Waals surface area contributed by atoms with Crippen LogP contribution in [0.5, 0.6) is 23.0 Å². The van der Waals surface area contributed by atoms with Crippen LogP contribution in [0.25, 0.3) is 0 Å². The number of para-hydroxylation sites is 2. The molecule has 119 heavy (non-hydrogen) atoms. The van der Waals surface area contributed by atoms with Crippen molar-refractivity contribution in [1.29, 1.82) is 0 Å². The zero-order valence-corrected chi connectivity index (χ0v) is 74.5. The Morgan fingerprint density at radius 2 is 0.891 bits per heavy atom. The lowest BCUT2D eigenvalue weighted by Crippen LogP contribution is -2.40. The van der Waals surface area contributed by atoms with E-state index in [9.17, 15) is 53.1 Å². The summed E-state index contributed by atoms with van der Waals surface area (Å²) in [5.41, 5.74) is 10.7. The van der Waals surface area contributed by atoms with Gasteiger partial charge in [-0.3, -0.25) is 67.7 Å². The van der Waals surface area contributed by atoms with E-state index in [1.807, 2.05) is 85.1 Å². The van der Waals surface area contributed by atoms with E-state index in [-0.39, 0.29) is 138 Å². The van der Waals surface area contributed by atoms with Crippen LogP contribution in [-0.2, 0) is 95.8 Å². The molecule has 1 unspecified atom stereocenters. The number of carbonyl (C=O) groups is 10. The summed E-state index contributed by atoms with van der Waals surface area (Å²) in [5, 5.41) is 21.3. The number of aromatic hydroxyl groups is 1. The molecule has 26 nitrogen and oxygen atoms in total. The number of unbranched alkanes of at least 4 members (excludes halogenated alkanes) is 2. The number of hydrogen-bond donors (Lipinski definition) is 5. The summed E-state index contributed by atoms with van der Waals surface area (Å²) in [6.07, 6.45) is 8.73. The molecule has 0 saturated heterocycles. The summed E-state index contributed by atoms with van der Waals surface area (Å²) in [5.74, 6) is -2.76. The molecule has 0 aromatic heterocycles. The molecule has 4 heterocycles. The average molecular weight is 1670 g/mol. The lowest BCUT2D eigenvalue weighted by molar-refractivity contribution is -0.141. The van der Waals surface area contributed by atoms with Crippen molar-refractivity contribution in [2.24, 2.45) is 21.8 Å². The molecule has 5 N–H and O–H groups in total. The summed E-state index contributed by atoms with van der Waals surface area (Å²) in [4.78, 5) is 139. The molecule has 0 bridgehead atoms. The number of fused-ring (bicyclic) bond motifs is 8. The number of ketones is 2. The first-order valence-corrected chi connectivity index (χ1v) is 46.6. The SMILES string of the molecule is CCc1cc(CO[Si](C)(C)C(C)(C)C)cc(NC(=O)[C@H](C)CC(=O)[C@H](C)NC(=O)CCCCC(=O)OC)c1.COC(=O)CCCCC(=O)N[C@@H](C)C(=O)C[C@@H](C)C(=O)Nc1cc(COc2cc3c(cc2OC)C(=O)N2c4ccccc4CC2C=N3)cc(CO[Si](C)(C)C(C)(C)C)c1.COc1cc2c(cc1O)N=C[C@@H]1Cc3ccccc3N1C2=O. The molecule has 0 saturated carbocycles. The molecule has 4 aliphatic rings. The third-order valence-electron chi connectivity index (χ3n) is 22.7. The van der Waals surface area contributed by atoms with Gasteiger partial charge >= 0.3 is 11.9 Å². The first-order chi connectivity index (χ1) is 56.2. The highest BCUT2D eigenvalue weighted by Gasteiger charge is 2.41. The van der Waals surface area contributed by atoms with Gasteiger partial charge < -0.3 is 58.9 Å². The van der Waals surface area contributed by atoms with Crippen LogP contribution < -0.4 is 45.3 Å². The van der Waals surface area contributed by atoms with Crippen LogP contribution in [0.2, 0.25) is 36.3 Å². The topological polar surface area (TPSA) is 335 Å². The number of rotatable bonds is 34. The van der Waals surface area contributed by atoms with E-state index < -0.39 is 40.6 Å². The largest absolute Gasteiger partial charge is 0.504 e. The minimum absolute atomic E-state index is 0.0152. The quantitative estimate of drug-likeness (QED) is 0.0142. The Morgan fingerprint density at radius 3 is 1.30 bits per heavy atom. The first kappa shape index (κ1) is 93.8. The number of ether oxygens (including phenoxy) is 5. The predicted molar refractivity (Wildman–Crippen MR) is 467 cm³/mol. The highest BCUT2D eigenvalue weighted by molar-refractivity contribution is 6.74. The number of phenols is 1. The second kappa shape index (κ2) is 41.8. The van der Waals surface area contributed by atoms with Gasteiger partial charge in [-0.25, -0.2) is 0 Å². The van der Waals surface area contributed by atoms with Crippen LogP contribution in [0.4, 0.5) is 34.1 Å². The zero-order valence-electron chi connectivity index (χ0n) is 72.5. The van der Waals surface area contributed by atoms with Crippen LogP contribution in [0, 0.1) is 11.8 Å². The lowest BCUT2D eigenvalue weighted by Gasteiger charge is -2.36. The molecule has 0 radical (unpaired) electrons. The van der Waals surface area contributed by atoms with Crippen molar-refractivity contribution in [3.8, 4) is 23.0 Å². The fourth-order valence-electron chi connectivity index (χ4n) is 13.3. The van der Waals surface area contributed by atoms with Crippen LogP contribution in [0.3, 0.4) is 0 Å².